The molecule has 5 nitrogen and oxygen atoms in total. The number of nitrogens with zero attached hydrogens (tertiary/aromatic N) is 3. The Labute approximate surface area is 188 Å². The molecule has 7 heteroatoms. The second-order valence-electron chi connectivity index (χ2n) is 9.23. The van der Waals surface area contributed by atoms with E-state index in [-0.39, 0.29) is 11.8 Å². The maximum Gasteiger partial charge on any atom is 0.223 e. The van der Waals surface area contributed by atoms with Crippen molar-refractivity contribution in [2.24, 2.45) is 5.92 Å². The lowest BCUT2D eigenvalue weighted by molar-refractivity contribution is -0.126. The van der Waals surface area contributed by atoms with Gasteiger partial charge in [0, 0.05) is 31.1 Å². The molecule has 2 heterocycles. The Kier molecular flexibility index (Phi) is 5.85. The van der Waals surface area contributed by atoms with Crippen molar-refractivity contribution in [3.05, 3.63) is 22.2 Å². The van der Waals surface area contributed by atoms with Gasteiger partial charge in [-0.25, -0.2) is 4.98 Å². The first-order valence-electron chi connectivity index (χ1n) is 11.5. The summed E-state index contributed by atoms with van der Waals surface area (Å²) in [7, 11) is 0. The number of nitrogens with one attached hydrogen (secondary N) is 1. The molecule has 0 spiro atoms. The second-order valence-corrected chi connectivity index (χ2v) is 10.0. The van der Waals surface area contributed by atoms with Gasteiger partial charge in [0.05, 0.1) is 21.1 Å². The maximum atomic E-state index is 12.7. The minimum Gasteiger partial charge on any atom is -0.353 e. The third kappa shape index (κ3) is 3.91. The van der Waals surface area contributed by atoms with Crippen LogP contribution in [0.5, 0.6) is 0 Å². The van der Waals surface area contributed by atoms with Crippen molar-refractivity contribution in [3.8, 4) is 0 Å². The molecule has 3 aliphatic rings. The molecule has 1 aromatic carbocycles. The summed E-state index contributed by atoms with van der Waals surface area (Å²) in [6.07, 6.45) is 11.4. The Bertz CT molecular complexity index is 923. The zero-order chi connectivity index (χ0) is 20.7. The predicted octanol–water partition coefficient (Wildman–Crippen LogP) is 5.73. The van der Waals surface area contributed by atoms with E-state index in [0.717, 1.165) is 55.8 Å². The summed E-state index contributed by atoms with van der Waals surface area (Å²) in [6.45, 7) is 1.72. The molecule has 162 valence electrons. The molecular weight excluding hydrogens is 419 g/mol. The Hall–Kier alpha value is -1.46. The van der Waals surface area contributed by atoms with E-state index < -0.39 is 0 Å². The van der Waals surface area contributed by atoms with Gasteiger partial charge in [-0.2, -0.15) is 0 Å². The topological polar surface area (TPSA) is 50.2 Å². The van der Waals surface area contributed by atoms with E-state index in [2.05, 4.69) is 14.8 Å². The van der Waals surface area contributed by atoms with Gasteiger partial charge in [0.1, 0.15) is 0 Å². The standard InChI is InChI=1S/C23H30Cl2N4O/c24-18-13-20-21(14-19(18)25)29(17-7-3-4-8-17)23(27-20)28-11-9-15(10-12-28)22(30)26-16-5-1-2-6-16/h13-17H,1-12H2,(H,26,30). The number of benzene rings is 1. The molecule has 1 saturated heterocycles. The van der Waals surface area contributed by atoms with E-state index in [1.165, 1.54) is 38.5 Å². The first kappa shape index (κ1) is 20.4. The fraction of sp³-hybridized carbons (Fsp3) is 0.652. The third-order valence-electron chi connectivity index (χ3n) is 7.25. The van der Waals surface area contributed by atoms with Crippen LogP contribution in [0.25, 0.3) is 11.0 Å². The molecule has 1 aliphatic heterocycles. The Morgan fingerprint density at radius 3 is 2.27 bits per heavy atom. The fourth-order valence-electron chi connectivity index (χ4n) is 5.55. The average Bonchev–Trinajstić information content (AvgIpc) is 3.49. The fourth-order valence-corrected chi connectivity index (χ4v) is 5.87. The Morgan fingerprint density at radius 2 is 1.57 bits per heavy atom. The number of piperidine rings is 1. The number of imidazole rings is 1. The van der Waals surface area contributed by atoms with Crippen LogP contribution in [0.2, 0.25) is 10.0 Å². The van der Waals surface area contributed by atoms with Crippen molar-refractivity contribution < 1.29 is 4.79 Å². The highest BCUT2D eigenvalue weighted by atomic mass is 35.5. The molecule has 30 heavy (non-hydrogen) atoms. The van der Waals surface area contributed by atoms with Crippen molar-refractivity contribution in [1.82, 2.24) is 14.9 Å². The summed E-state index contributed by atoms with van der Waals surface area (Å²) in [4.78, 5) is 20.1. The van der Waals surface area contributed by atoms with Crippen LogP contribution < -0.4 is 10.2 Å². The molecule has 0 bridgehead atoms. The number of anilines is 1. The summed E-state index contributed by atoms with van der Waals surface area (Å²) in [5, 5.41) is 4.42. The average molecular weight is 449 g/mol. The van der Waals surface area contributed by atoms with Crippen LogP contribution in [-0.4, -0.2) is 34.6 Å². The van der Waals surface area contributed by atoms with Crippen molar-refractivity contribution in [1.29, 1.82) is 0 Å². The maximum absolute atomic E-state index is 12.7. The molecule has 2 aliphatic carbocycles. The highest BCUT2D eigenvalue weighted by molar-refractivity contribution is 6.42. The van der Waals surface area contributed by atoms with Crippen molar-refractivity contribution >= 4 is 46.1 Å². The monoisotopic (exact) mass is 448 g/mol. The van der Waals surface area contributed by atoms with Crippen molar-refractivity contribution in [3.63, 3.8) is 0 Å². The molecule has 1 N–H and O–H groups in total. The van der Waals surface area contributed by atoms with Crippen LogP contribution in [0.3, 0.4) is 0 Å². The summed E-state index contributed by atoms with van der Waals surface area (Å²) in [6, 6.07) is 4.72. The number of carbonyl (C=O) groups is 1. The zero-order valence-corrected chi connectivity index (χ0v) is 18.9. The lowest BCUT2D eigenvalue weighted by atomic mass is 9.95. The molecular formula is C23H30Cl2N4O. The highest BCUT2D eigenvalue weighted by Gasteiger charge is 2.31. The van der Waals surface area contributed by atoms with Crippen LogP contribution in [0.15, 0.2) is 12.1 Å². The summed E-state index contributed by atoms with van der Waals surface area (Å²) in [5.41, 5.74) is 1.99. The lowest BCUT2D eigenvalue weighted by Crippen LogP contribution is -2.43. The molecule has 0 unspecified atom stereocenters. The minimum atomic E-state index is 0.120. The SMILES string of the molecule is O=C(NC1CCCC1)C1CCN(c2nc3cc(Cl)c(Cl)cc3n2C2CCCC2)CC1. The lowest BCUT2D eigenvalue weighted by Gasteiger charge is -2.33. The van der Waals surface area contributed by atoms with Gasteiger partial charge in [-0.15, -0.1) is 0 Å². The van der Waals surface area contributed by atoms with E-state index in [4.69, 9.17) is 28.2 Å². The van der Waals surface area contributed by atoms with E-state index in [1.807, 2.05) is 12.1 Å². The van der Waals surface area contributed by atoms with Gasteiger partial charge in [0.25, 0.3) is 0 Å². The molecule has 5 rings (SSSR count). The minimum absolute atomic E-state index is 0.120. The van der Waals surface area contributed by atoms with E-state index >= 15 is 0 Å². The van der Waals surface area contributed by atoms with Crippen LogP contribution in [-0.2, 0) is 4.79 Å². The molecule has 1 aromatic heterocycles. The van der Waals surface area contributed by atoms with Crippen LogP contribution in [0, 0.1) is 5.92 Å². The third-order valence-corrected chi connectivity index (χ3v) is 7.98. The van der Waals surface area contributed by atoms with E-state index in [1.54, 1.807) is 0 Å². The number of fused-ring (bicyclic) bond motifs is 1. The largest absolute Gasteiger partial charge is 0.353 e. The number of hydrogen-bond acceptors (Lipinski definition) is 3. The second kappa shape index (κ2) is 8.58. The van der Waals surface area contributed by atoms with Gasteiger partial charge in [-0.1, -0.05) is 48.9 Å². The van der Waals surface area contributed by atoms with Crippen LogP contribution >= 0.6 is 23.2 Å². The zero-order valence-electron chi connectivity index (χ0n) is 17.4. The quantitative estimate of drug-likeness (QED) is 0.648. The first-order valence-corrected chi connectivity index (χ1v) is 12.3. The Morgan fingerprint density at radius 1 is 0.933 bits per heavy atom. The first-order chi connectivity index (χ1) is 14.6. The predicted molar refractivity (Wildman–Crippen MR) is 123 cm³/mol. The van der Waals surface area contributed by atoms with Gasteiger partial charge in [-0.05, 0) is 50.7 Å². The van der Waals surface area contributed by atoms with Crippen LogP contribution in [0.4, 0.5) is 5.95 Å². The number of carbonyl (C=O) groups excluding carboxylic acids is 1. The number of rotatable bonds is 4. The number of halogens is 2. The number of hydrogen-bond donors (Lipinski definition) is 1. The summed E-state index contributed by atoms with van der Waals surface area (Å²) < 4.78 is 2.39. The van der Waals surface area contributed by atoms with Gasteiger partial charge < -0.3 is 14.8 Å². The van der Waals surface area contributed by atoms with E-state index in [0.29, 0.717) is 22.1 Å². The Balaban J connectivity index is 1.36. The van der Waals surface area contributed by atoms with Gasteiger partial charge >= 0.3 is 0 Å². The molecule has 0 atom stereocenters. The van der Waals surface area contributed by atoms with E-state index in [9.17, 15) is 4.79 Å². The molecule has 2 saturated carbocycles. The normalized spacial score (nSPS) is 21.7. The molecule has 2 aromatic rings. The van der Waals surface area contributed by atoms with Crippen molar-refractivity contribution in [2.75, 3.05) is 18.0 Å². The smallest absolute Gasteiger partial charge is 0.223 e. The summed E-state index contributed by atoms with van der Waals surface area (Å²) in [5.74, 6) is 1.39. The highest BCUT2D eigenvalue weighted by Crippen LogP contribution is 2.39. The molecule has 0 radical (unpaired) electrons. The van der Waals surface area contributed by atoms with Gasteiger partial charge in [0.15, 0.2) is 0 Å². The number of aromatic nitrogens is 2. The van der Waals surface area contributed by atoms with Crippen LogP contribution in [0.1, 0.15) is 70.3 Å². The van der Waals surface area contributed by atoms with Gasteiger partial charge in [0.2, 0.25) is 11.9 Å². The van der Waals surface area contributed by atoms with Crippen molar-refractivity contribution in [2.45, 2.75) is 76.3 Å². The molecule has 1 amide bonds. The number of amides is 1. The molecule has 3 fully saturated rings. The van der Waals surface area contributed by atoms with Gasteiger partial charge in [-0.3, -0.25) is 4.79 Å². The summed E-state index contributed by atoms with van der Waals surface area (Å²) >= 11 is 12.6.